The van der Waals surface area contributed by atoms with Crippen molar-refractivity contribution in [2.24, 2.45) is 0 Å². The van der Waals surface area contributed by atoms with Crippen molar-refractivity contribution >= 4 is 10.4 Å². The van der Waals surface area contributed by atoms with Crippen LogP contribution in [-0.4, -0.2) is 54.4 Å². The van der Waals surface area contributed by atoms with Crippen LogP contribution in [0.3, 0.4) is 0 Å². The summed E-state index contributed by atoms with van der Waals surface area (Å²) in [5.74, 6) is 0. The van der Waals surface area contributed by atoms with E-state index in [0.29, 0.717) is 6.42 Å². The van der Waals surface area contributed by atoms with E-state index in [4.69, 9.17) is 9.66 Å². The summed E-state index contributed by atoms with van der Waals surface area (Å²) in [5.41, 5.74) is 0. The fourth-order valence-corrected chi connectivity index (χ4v) is 2.17. The third-order valence-electron chi connectivity index (χ3n) is 3.11. The van der Waals surface area contributed by atoms with Crippen molar-refractivity contribution in [2.45, 2.75) is 58.6 Å². The fraction of sp³-hybridized carbons (Fsp3) is 0.857. The molecule has 0 amide bonds. The first kappa shape index (κ1) is 21.2. The number of aliphatic hydroxyl groups is 1. The van der Waals surface area contributed by atoms with Crippen molar-refractivity contribution in [3.05, 3.63) is 12.4 Å². The van der Waals surface area contributed by atoms with E-state index in [9.17, 15) is 8.42 Å². The molecule has 0 aromatic rings. The zero-order valence-corrected chi connectivity index (χ0v) is 14.6. The molecule has 7 nitrogen and oxygen atoms in total. The Balaban J connectivity index is 0.000000425. The number of hydrogen-bond acceptors (Lipinski definition) is 6. The highest BCUT2D eigenvalue weighted by molar-refractivity contribution is 7.80. The molecule has 0 bridgehead atoms. The van der Waals surface area contributed by atoms with Gasteiger partial charge in [0.05, 0.1) is 13.3 Å². The Kier molecular flexibility index (Phi) is 11.3. The molecule has 1 aliphatic rings. The topological polar surface area (TPSA) is 90.3 Å². The van der Waals surface area contributed by atoms with Crippen LogP contribution in [0.1, 0.15) is 52.4 Å². The molecule has 1 aliphatic heterocycles. The van der Waals surface area contributed by atoms with Crippen LogP contribution < -0.4 is 0 Å². The molecule has 2 N–H and O–H groups in total. The molecular formula is C14H30N2O5S. The molecule has 1 rings (SSSR count). The first-order chi connectivity index (χ1) is 10.3. The van der Waals surface area contributed by atoms with Gasteiger partial charge in [0.1, 0.15) is 6.23 Å². The molecule has 1 unspecified atom stereocenters. The third-order valence-corrected chi connectivity index (χ3v) is 3.57. The molecule has 8 heteroatoms. The standard InChI is InChI=1S/C8H18O4S.C6H12N2O/c1-2-3-4-5-6-7-8-12-13(9,10)11;1-6(9)8-4-3-7(2)5-8/h2-8H2,1H3,(H,9,10,11);3-4,6,9H,5H2,1-2H3. The minimum atomic E-state index is -4.22. The minimum Gasteiger partial charge on any atom is -0.374 e. The fourth-order valence-electron chi connectivity index (χ4n) is 1.84. The second-order valence-electron chi connectivity index (χ2n) is 5.36. The summed E-state index contributed by atoms with van der Waals surface area (Å²) in [6.45, 7) is 4.77. The average molecular weight is 338 g/mol. The highest BCUT2D eigenvalue weighted by atomic mass is 32.3. The van der Waals surface area contributed by atoms with Crippen LogP contribution in [0.4, 0.5) is 0 Å². The van der Waals surface area contributed by atoms with Crippen molar-refractivity contribution in [3.63, 3.8) is 0 Å². The van der Waals surface area contributed by atoms with Crippen molar-refractivity contribution in [1.82, 2.24) is 9.80 Å². The molecule has 0 saturated heterocycles. The Morgan fingerprint density at radius 3 is 2.18 bits per heavy atom. The maximum Gasteiger partial charge on any atom is 0.397 e. The van der Waals surface area contributed by atoms with Gasteiger partial charge in [-0.05, 0) is 13.3 Å². The molecule has 0 aliphatic carbocycles. The number of aliphatic hydroxyl groups excluding tert-OH is 1. The van der Waals surface area contributed by atoms with Gasteiger partial charge in [-0.1, -0.05) is 39.0 Å². The van der Waals surface area contributed by atoms with Crippen LogP contribution in [0.2, 0.25) is 0 Å². The molecule has 0 aromatic heterocycles. The Labute approximate surface area is 134 Å². The highest BCUT2D eigenvalue weighted by Crippen LogP contribution is 2.06. The van der Waals surface area contributed by atoms with Crippen LogP contribution in [0.25, 0.3) is 0 Å². The lowest BCUT2D eigenvalue weighted by molar-refractivity contribution is 0.0445. The predicted octanol–water partition coefficient (Wildman–Crippen LogP) is 2.17. The van der Waals surface area contributed by atoms with Gasteiger partial charge in [-0.3, -0.25) is 4.55 Å². The Bertz CT molecular complexity index is 398. The van der Waals surface area contributed by atoms with Gasteiger partial charge in [-0.2, -0.15) is 8.42 Å². The summed E-state index contributed by atoms with van der Waals surface area (Å²) >= 11 is 0. The number of nitrogens with zero attached hydrogens (tertiary/aromatic N) is 2. The lowest BCUT2D eigenvalue weighted by Gasteiger charge is -2.20. The molecule has 0 fully saturated rings. The van der Waals surface area contributed by atoms with Crippen molar-refractivity contribution in [1.29, 1.82) is 0 Å². The third kappa shape index (κ3) is 12.9. The molecule has 0 saturated carbocycles. The number of unbranched alkanes of at least 4 members (excludes halogenated alkanes) is 5. The lowest BCUT2D eigenvalue weighted by Crippen LogP contribution is -2.30. The Hall–Kier alpha value is -0.830. The molecule has 0 radical (unpaired) electrons. The molecule has 22 heavy (non-hydrogen) atoms. The van der Waals surface area contributed by atoms with Crippen LogP contribution in [-0.2, 0) is 14.6 Å². The molecule has 132 valence electrons. The van der Waals surface area contributed by atoms with E-state index in [-0.39, 0.29) is 12.8 Å². The second-order valence-corrected chi connectivity index (χ2v) is 6.45. The molecule has 0 aromatic carbocycles. The summed E-state index contributed by atoms with van der Waals surface area (Å²) in [5, 5.41) is 9.02. The Morgan fingerprint density at radius 1 is 1.18 bits per heavy atom. The minimum absolute atomic E-state index is 0.0883. The lowest BCUT2D eigenvalue weighted by atomic mass is 10.1. The van der Waals surface area contributed by atoms with E-state index >= 15 is 0 Å². The summed E-state index contributed by atoms with van der Waals surface area (Å²) < 4.78 is 32.6. The monoisotopic (exact) mass is 338 g/mol. The second kappa shape index (κ2) is 11.7. The van der Waals surface area contributed by atoms with E-state index in [1.165, 1.54) is 19.3 Å². The molecule has 1 heterocycles. The summed E-state index contributed by atoms with van der Waals surface area (Å²) in [6.07, 6.45) is 9.79. The van der Waals surface area contributed by atoms with Gasteiger partial charge in [-0.25, -0.2) is 4.18 Å². The van der Waals surface area contributed by atoms with Crippen LogP contribution in [0, 0.1) is 0 Å². The van der Waals surface area contributed by atoms with E-state index < -0.39 is 10.4 Å². The van der Waals surface area contributed by atoms with E-state index in [1.54, 1.807) is 6.92 Å². The average Bonchev–Trinajstić information content (AvgIpc) is 2.84. The van der Waals surface area contributed by atoms with Gasteiger partial charge in [0.15, 0.2) is 0 Å². The van der Waals surface area contributed by atoms with E-state index in [2.05, 4.69) is 11.1 Å². The zero-order valence-electron chi connectivity index (χ0n) is 13.8. The maximum absolute atomic E-state index is 10.1. The smallest absolute Gasteiger partial charge is 0.374 e. The van der Waals surface area contributed by atoms with Crippen molar-refractivity contribution in [3.8, 4) is 0 Å². The van der Waals surface area contributed by atoms with Gasteiger partial charge >= 0.3 is 10.4 Å². The summed E-state index contributed by atoms with van der Waals surface area (Å²) in [7, 11) is -2.25. The molecule has 1 atom stereocenters. The van der Waals surface area contributed by atoms with Gasteiger partial charge in [0.25, 0.3) is 0 Å². The predicted molar refractivity (Wildman–Crippen MR) is 86.2 cm³/mol. The Morgan fingerprint density at radius 2 is 1.77 bits per heavy atom. The maximum atomic E-state index is 10.1. The quantitative estimate of drug-likeness (QED) is 0.492. The van der Waals surface area contributed by atoms with Crippen LogP contribution >= 0.6 is 0 Å². The molecular weight excluding hydrogens is 308 g/mol. The summed E-state index contributed by atoms with van der Waals surface area (Å²) in [6, 6.07) is 0. The van der Waals surface area contributed by atoms with Crippen molar-refractivity contribution in [2.75, 3.05) is 20.3 Å². The van der Waals surface area contributed by atoms with Crippen LogP contribution in [0.15, 0.2) is 12.4 Å². The molecule has 0 spiro atoms. The van der Waals surface area contributed by atoms with E-state index in [0.717, 1.165) is 19.5 Å². The first-order valence-electron chi connectivity index (χ1n) is 7.70. The van der Waals surface area contributed by atoms with Gasteiger partial charge in [0.2, 0.25) is 0 Å². The normalized spacial score (nSPS) is 15.7. The first-order valence-corrected chi connectivity index (χ1v) is 9.07. The van der Waals surface area contributed by atoms with Crippen molar-refractivity contribution < 1.29 is 22.3 Å². The van der Waals surface area contributed by atoms with Gasteiger partial charge in [0, 0.05) is 19.4 Å². The SMILES string of the molecule is CC(O)N1C=CN(C)C1.CCCCCCCCOS(=O)(=O)O. The largest absolute Gasteiger partial charge is 0.397 e. The zero-order chi connectivity index (χ0) is 17.0. The van der Waals surface area contributed by atoms with Gasteiger partial charge < -0.3 is 14.9 Å². The summed E-state index contributed by atoms with van der Waals surface area (Å²) in [4.78, 5) is 3.85. The number of rotatable bonds is 9. The number of hydrogen-bond donors (Lipinski definition) is 2. The van der Waals surface area contributed by atoms with Gasteiger partial charge in [-0.15, -0.1) is 0 Å². The van der Waals surface area contributed by atoms with Crippen LogP contribution in [0.5, 0.6) is 0 Å². The highest BCUT2D eigenvalue weighted by Gasteiger charge is 2.11. The van der Waals surface area contributed by atoms with E-state index in [1.807, 2.05) is 29.2 Å².